The van der Waals surface area contributed by atoms with Gasteiger partial charge in [-0.15, -0.1) is 0 Å². The van der Waals surface area contributed by atoms with Gasteiger partial charge in [0.25, 0.3) is 0 Å². The second-order valence-corrected chi connectivity index (χ2v) is 5.46. The van der Waals surface area contributed by atoms with E-state index in [0.29, 0.717) is 0 Å². The molecule has 0 aliphatic carbocycles. The van der Waals surface area contributed by atoms with Crippen LogP contribution in [0.2, 0.25) is 0 Å². The molecular formula is C19H25NO3. The Bertz CT molecular complexity index is 552. The van der Waals surface area contributed by atoms with E-state index in [4.69, 9.17) is 10.5 Å². The van der Waals surface area contributed by atoms with Gasteiger partial charge in [-0.2, -0.15) is 0 Å². The minimum Gasteiger partial charge on any atom is -0.454 e. The molecule has 23 heavy (non-hydrogen) atoms. The van der Waals surface area contributed by atoms with Gasteiger partial charge in [-0.1, -0.05) is 63.0 Å². The van der Waals surface area contributed by atoms with Gasteiger partial charge in [0.15, 0.2) is 0 Å². The third kappa shape index (κ3) is 8.67. The van der Waals surface area contributed by atoms with Crippen LogP contribution in [0.15, 0.2) is 24.3 Å². The second kappa shape index (κ2) is 11.3. The predicted octanol–water partition coefficient (Wildman–Crippen LogP) is 3.32. The van der Waals surface area contributed by atoms with E-state index in [-0.39, 0.29) is 6.61 Å². The van der Waals surface area contributed by atoms with Crippen LogP contribution in [0.25, 0.3) is 0 Å². The van der Waals surface area contributed by atoms with Crippen molar-refractivity contribution in [1.29, 1.82) is 0 Å². The Morgan fingerprint density at radius 1 is 1.04 bits per heavy atom. The van der Waals surface area contributed by atoms with Crippen molar-refractivity contribution in [1.82, 2.24) is 0 Å². The molecule has 1 rings (SSSR count). The first-order valence-electron chi connectivity index (χ1n) is 8.18. The molecule has 124 valence electrons. The van der Waals surface area contributed by atoms with Gasteiger partial charge in [-0.05, 0) is 24.1 Å². The first kappa shape index (κ1) is 18.8. The van der Waals surface area contributed by atoms with Crippen LogP contribution in [0.4, 0.5) is 0 Å². The van der Waals surface area contributed by atoms with E-state index in [1.54, 1.807) is 0 Å². The average Bonchev–Trinajstić information content (AvgIpc) is 2.56. The van der Waals surface area contributed by atoms with Crippen molar-refractivity contribution in [2.75, 3.05) is 0 Å². The third-order valence-corrected chi connectivity index (χ3v) is 3.41. The lowest BCUT2D eigenvalue weighted by molar-refractivity contribution is -0.154. The van der Waals surface area contributed by atoms with E-state index < -0.39 is 11.9 Å². The first-order valence-corrected chi connectivity index (χ1v) is 8.18. The van der Waals surface area contributed by atoms with Gasteiger partial charge < -0.3 is 10.5 Å². The van der Waals surface area contributed by atoms with Gasteiger partial charge >= 0.3 is 11.9 Å². The molecule has 0 aliphatic heterocycles. The monoisotopic (exact) mass is 315 g/mol. The molecular weight excluding hydrogens is 290 g/mol. The zero-order valence-electron chi connectivity index (χ0n) is 13.8. The molecule has 0 bridgehead atoms. The molecule has 0 aromatic heterocycles. The number of rotatable bonds is 8. The lowest BCUT2D eigenvalue weighted by Crippen LogP contribution is -2.25. The van der Waals surface area contributed by atoms with E-state index in [2.05, 4.69) is 18.8 Å². The second-order valence-electron chi connectivity index (χ2n) is 5.46. The standard InChI is InChI=1S/C19H25NO3/c1-2-3-4-5-6-7-8-9-10-16-11-13-17(14-12-16)15-23-19(22)18(20)21/h11-14H,2-8,15H2,1H3,(H2,20,21). The van der Waals surface area contributed by atoms with Crippen molar-refractivity contribution >= 4 is 11.9 Å². The van der Waals surface area contributed by atoms with Gasteiger partial charge in [-0.25, -0.2) is 4.79 Å². The molecule has 2 N–H and O–H groups in total. The zero-order valence-corrected chi connectivity index (χ0v) is 13.8. The maximum Gasteiger partial charge on any atom is 0.396 e. The van der Waals surface area contributed by atoms with E-state index in [1.165, 1.54) is 32.1 Å². The number of hydrogen-bond donors (Lipinski definition) is 1. The van der Waals surface area contributed by atoms with E-state index >= 15 is 0 Å². The van der Waals surface area contributed by atoms with Crippen LogP contribution in [0.5, 0.6) is 0 Å². The lowest BCUT2D eigenvalue weighted by Gasteiger charge is -2.02. The third-order valence-electron chi connectivity index (χ3n) is 3.41. The summed E-state index contributed by atoms with van der Waals surface area (Å²) in [5, 5.41) is 0. The molecule has 1 aromatic carbocycles. The summed E-state index contributed by atoms with van der Waals surface area (Å²) in [6, 6.07) is 7.40. The first-order chi connectivity index (χ1) is 11.1. The molecule has 0 heterocycles. The number of esters is 1. The van der Waals surface area contributed by atoms with E-state index in [0.717, 1.165) is 24.0 Å². The molecule has 4 heteroatoms. The number of amides is 1. The predicted molar refractivity (Wildman–Crippen MR) is 90.3 cm³/mol. The van der Waals surface area contributed by atoms with Crippen molar-refractivity contribution in [3.63, 3.8) is 0 Å². The summed E-state index contributed by atoms with van der Waals surface area (Å²) in [7, 11) is 0. The van der Waals surface area contributed by atoms with Crippen molar-refractivity contribution in [2.45, 2.75) is 58.5 Å². The Morgan fingerprint density at radius 2 is 1.70 bits per heavy atom. The Balaban J connectivity index is 2.27. The highest BCUT2D eigenvalue weighted by Crippen LogP contribution is 2.07. The lowest BCUT2D eigenvalue weighted by atomic mass is 10.1. The fourth-order valence-electron chi connectivity index (χ4n) is 2.06. The number of benzene rings is 1. The van der Waals surface area contributed by atoms with Crippen molar-refractivity contribution in [2.24, 2.45) is 5.73 Å². The molecule has 0 atom stereocenters. The van der Waals surface area contributed by atoms with Crippen LogP contribution in [-0.4, -0.2) is 11.9 Å². The Hall–Kier alpha value is -2.28. The highest BCUT2D eigenvalue weighted by Gasteiger charge is 2.09. The van der Waals surface area contributed by atoms with Crippen molar-refractivity contribution in [3.05, 3.63) is 35.4 Å². The summed E-state index contributed by atoms with van der Waals surface area (Å²) in [5.74, 6) is 4.20. The number of hydrogen-bond acceptors (Lipinski definition) is 3. The fourth-order valence-corrected chi connectivity index (χ4v) is 2.06. The summed E-state index contributed by atoms with van der Waals surface area (Å²) in [4.78, 5) is 21.5. The Kier molecular flexibility index (Phi) is 9.23. The SMILES string of the molecule is CCCCCCCCC#Cc1ccc(COC(=O)C(N)=O)cc1. The van der Waals surface area contributed by atoms with Gasteiger partial charge in [0.2, 0.25) is 0 Å². The van der Waals surface area contributed by atoms with Crippen molar-refractivity contribution in [3.8, 4) is 11.8 Å². The summed E-state index contributed by atoms with van der Waals surface area (Å²) in [6.07, 6.45) is 8.55. The van der Waals surface area contributed by atoms with Crippen LogP contribution < -0.4 is 5.73 Å². The molecule has 0 saturated heterocycles. The van der Waals surface area contributed by atoms with Crippen LogP contribution in [0, 0.1) is 11.8 Å². The largest absolute Gasteiger partial charge is 0.454 e. The maximum atomic E-state index is 10.9. The summed E-state index contributed by atoms with van der Waals surface area (Å²) in [5.41, 5.74) is 6.53. The maximum absolute atomic E-state index is 10.9. The molecule has 4 nitrogen and oxygen atoms in total. The van der Waals surface area contributed by atoms with Crippen LogP contribution in [0.1, 0.15) is 63.0 Å². The molecule has 0 unspecified atom stereocenters. The number of carbonyl (C=O) groups is 2. The summed E-state index contributed by atoms with van der Waals surface area (Å²) >= 11 is 0. The van der Waals surface area contributed by atoms with Gasteiger partial charge in [-0.3, -0.25) is 4.79 Å². The number of ether oxygens (including phenoxy) is 1. The molecule has 1 aromatic rings. The number of carbonyl (C=O) groups excluding carboxylic acids is 2. The normalized spacial score (nSPS) is 9.78. The number of nitrogens with two attached hydrogens (primary N) is 1. The quantitative estimate of drug-likeness (QED) is 0.346. The van der Waals surface area contributed by atoms with Crippen LogP contribution in [0.3, 0.4) is 0 Å². The smallest absolute Gasteiger partial charge is 0.396 e. The van der Waals surface area contributed by atoms with Crippen LogP contribution in [-0.2, 0) is 20.9 Å². The van der Waals surface area contributed by atoms with Gasteiger partial charge in [0, 0.05) is 12.0 Å². The highest BCUT2D eigenvalue weighted by molar-refractivity contribution is 6.31. The number of unbranched alkanes of at least 4 members (excludes halogenated alkanes) is 6. The molecule has 0 fully saturated rings. The van der Waals surface area contributed by atoms with Gasteiger partial charge in [0.05, 0.1) is 0 Å². The topological polar surface area (TPSA) is 69.4 Å². The van der Waals surface area contributed by atoms with Gasteiger partial charge in [0.1, 0.15) is 6.61 Å². The highest BCUT2D eigenvalue weighted by atomic mass is 16.5. The molecule has 1 amide bonds. The Labute approximate surface area is 138 Å². The van der Waals surface area contributed by atoms with Crippen molar-refractivity contribution < 1.29 is 14.3 Å². The van der Waals surface area contributed by atoms with E-state index in [9.17, 15) is 9.59 Å². The molecule has 0 saturated carbocycles. The summed E-state index contributed by atoms with van der Waals surface area (Å²) < 4.78 is 4.73. The summed E-state index contributed by atoms with van der Waals surface area (Å²) in [6.45, 7) is 2.26. The average molecular weight is 315 g/mol. The van der Waals surface area contributed by atoms with Crippen LogP contribution >= 0.6 is 0 Å². The Morgan fingerprint density at radius 3 is 2.35 bits per heavy atom. The van der Waals surface area contributed by atoms with E-state index in [1.807, 2.05) is 24.3 Å². The molecule has 0 aliphatic rings. The minimum absolute atomic E-state index is 0.0350. The minimum atomic E-state index is -1.08. The molecule has 0 spiro atoms. The zero-order chi connectivity index (χ0) is 16.9. The fraction of sp³-hybridized carbons (Fsp3) is 0.474. The molecule has 0 radical (unpaired) electrons. The number of primary amides is 1.